The molecule has 19 heavy (non-hydrogen) atoms. The predicted molar refractivity (Wildman–Crippen MR) is 69.9 cm³/mol. The topological polar surface area (TPSA) is 67.6 Å². The van der Waals surface area contributed by atoms with Gasteiger partial charge in [-0.3, -0.25) is 14.4 Å². The molecule has 2 rings (SSSR count). The Labute approximate surface area is 113 Å². The van der Waals surface area contributed by atoms with E-state index in [0.717, 1.165) is 19.5 Å². The van der Waals surface area contributed by atoms with Gasteiger partial charge in [-0.15, -0.1) is 0 Å². The molecule has 1 N–H and O–H groups in total. The lowest BCUT2D eigenvalue weighted by Gasteiger charge is -2.28. The number of aryl methyl sites for hydroxylation is 1. The fourth-order valence-corrected chi connectivity index (χ4v) is 2.57. The number of carboxylic acid groups (broad SMARTS) is 1. The molecule has 6 heteroatoms. The summed E-state index contributed by atoms with van der Waals surface area (Å²) in [5, 5.41) is 13.3. The van der Waals surface area contributed by atoms with Crippen LogP contribution in [-0.2, 0) is 23.0 Å². The number of carboxylic acids is 1. The average Bonchev–Trinajstić information content (AvgIpc) is 2.99. The van der Waals surface area contributed by atoms with E-state index in [9.17, 15) is 9.90 Å². The molecule has 1 aliphatic heterocycles. The third-order valence-corrected chi connectivity index (χ3v) is 3.69. The van der Waals surface area contributed by atoms with Crippen LogP contribution in [0, 0.1) is 5.92 Å². The normalized spacial score (nSPS) is 23.1. The minimum atomic E-state index is -0.762. The summed E-state index contributed by atoms with van der Waals surface area (Å²) in [5.74, 6) is -1.17. The van der Waals surface area contributed by atoms with Gasteiger partial charge in [-0.1, -0.05) is 6.92 Å². The van der Waals surface area contributed by atoms with E-state index in [2.05, 4.69) is 16.9 Å². The largest absolute Gasteiger partial charge is 0.481 e. The van der Waals surface area contributed by atoms with Crippen molar-refractivity contribution in [2.45, 2.75) is 19.4 Å². The van der Waals surface area contributed by atoms with Crippen molar-refractivity contribution in [3.63, 3.8) is 0 Å². The van der Waals surface area contributed by atoms with Gasteiger partial charge in [0.05, 0.1) is 25.3 Å². The number of aromatic nitrogens is 2. The van der Waals surface area contributed by atoms with E-state index in [4.69, 9.17) is 4.74 Å². The Kier molecular flexibility index (Phi) is 4.55. The zero-order valence-electron chi connectivity index (χ0n) is 11.5. The highest BCUT2D eigenvalue weighted by Crippen LogP contribution is 2.20. The highest BCUT2D eigenvalue weighted by Gasteiger charge is 2.37. The Balaban J connectivity index is 1.94. The van der Waals surface area contributed by atoms with E-state index in [-0.39, 0.29) is 6.04 Å². The summed E-state index contributed by atoms with van der Waals surface area (Å²) in [6.45, 7) is 4.56. The first-order valence-corrected chi connectivity index (χ1v) is 6.64. The summed E-state index contributed by atoms with van der Waals surface area (Å²) in [4.78, 5) is 13.4. The molecule has 2 atom stereocenters. The summed E-state index contributed by atoms with van der Waals surface area (Å²) in [6.07, 6.45) is 4.73. The Bertz CT molecular complexity index is 433. The van der Waals surface area contributed by atoms with E-state index in [1.807, 2.05) is 19.4 Å². The summed E-state index contributed by atoms with van der Waals surface area (Å²) in [5.41, 5.74) is 1.17. The van der Waals surface area contributed by atoms with E-state index >= 15 is 0 Å². The van der Waals surface area contributed by atoms with Gasteiger partial charge in [0.1, 0.15) is 0 Å². The number of nitrogens with zero attached hydrogens (tertiary/aromatic N) is 3. The van der Waals surface area contributed by atoms with Crippen molar-refractivity contribution in [2.24, 2.45) is 13.0 Å². The summed E-state index contributed by atoms with van der Waals surface area (Å²) in [7, 11) is 1.90. The van der Waals surface area contributed by atoms with Gasteiger partial charge in [-0.25, -0.2) is 0 Å². The van der Waals surface area contributed by atoms with Crippen LogP contribution in [0.1, 0.15) is 12.5 Å². The Hall–Kier alpha value is -1.40. The number of hydrogen-bond donors (Lipinski definition) is 1. The van der Waals surface area contributed by atoms with Gasteiger partial charge < -0.3 is 9.84 Å². The molecular weight excluding hydrogens is 246 g/mol. The monoisotopic (exact) mass is 267 g/mol. The van der Waals surface area contributed by atoms with Crippen LogP contribution in [0.25, 0.3) is 0 Å². The molecule has 0 radical (unpaired) electrons. The highest BCUT2D eigenvalue weighted by molar-refractivity contribution is 5.71. The van der Waals surface area contributed by atoms with Crippen molar-refractivity contribution in [1.29, 1.82) is 0 Å². The molecule has 1 aliphatic rings. The van der Waals surface area contributed by atoms with Crippen molar-refractivity contribution in [2.75, 3.05) is 26.3 Å². The molecule has 0 amide bonds. The molecule has 1 aromatic rings. The maximum atomic E-state index is 11.2. The molecule has 1 fully saturated rings. The first-order chi connectivity index (χ1) is 9.11. The quantitative estimate of drug-likeness (QED) is 0.807. The Morgan fingerprint density at radius 2 is 2.42 bits per heavy atom. The Morgan fingerprint density at radius 3 is 3.00 bits per heavy atom. The molecule has 0 aromatic carbocycles. The molecule has 1 saturated heterocycles. The third-order valence-electron chi connectivity index (χ3n) is 3.69. The van der Waals surface area contributed by atoms with Crippen LogP contribution in [0.2, 0.25) is 0 Å². The van der Waals surface area contributed by atoms with E-state index in [1.165, 1.54) is 5.56 Å². The standard InChI is InChI=1S/C13H21N3O3/c1-3-16(5-4-10-6-14-15(2)7-10)12-9-19-8-11(12)13(17)18/h6-7,11-12H,3-5,8-9H2,1-2H3,(H,17,18). The minimum Gasteiger partial charge on any atom is -0.481 e. The molecule has 0 bridgehead atoms. The molecule has 2 unspecified atom stereocenters. The second-order valence-corrected chi connectivity index (χ2v) is 4.95. The number of likely N-dealkylation sites (N-methyl/N-ethyl adjacent to an activating group) is 1. The SMILES string of the molecule is CCN(CCc1cnn(C)c1)C1COCC1C(=O)O. The Morgan fingerprint density at radius 1 is 1.63 bits per heavy atom. The average molecular weight is 267 g/mol. The van der Waals surface area contributed by atoms with Crippen LogP contribution in [-0.4, -0.2) is 58.1 Å². The summed E-state index contributed by atoms with van der Waals surface area (Å²) in [6, 6.07) is -0.0147. The minimum absolute atomic E-state index is 0.0147. The van der Waals surface area contributed by atoms with Gasteiger partial charge in [0.2, 0.25) is 0 Å². The van der Waals surface area contributed by atoms with Crippen molar-refractivity contribution < 1.29 is 14.6 Å². The lowest BCUT2D eigenvalue weighted by molar-refractivity contribution is -0.143. The van der Waals surface area contributed by atoms with Crippen molar-refractivity contribution in [1.82, 2.24) is 14.7 Å². The number of ether oxygens (including phenoxy) is 1. The first kappa shape index (κ1) is 14.0. The molecule has 0 spiro atoms. The zero-order chi connectivity index (χ0) is 13.8. The molecule has 0 saturated carbocycles. The predicted octanol–water partition coefficient (Wildman–Crippen LogP) is 0.384. The van der Waals surface area contributed by atoms with Crippen molar-refractivity contribution >= 4 is 5.97 Å². The van der Waals surface area contributed by atoms with E-state index < -0.39 is 11.9 Å². The zero-order valence-corrected chi connectivity index (χ0v) is 11.5. The van der Waals surface area contributed by atoms with Gasteiger partial charge >= 0.3 is 5.97 Å². The van der Waals surface area contributed by atoms with Crippen LogP contribution in [0.4, 0.5) is 0 Å². The van der Waals surface area contributed by atoms with Gasteiger partial charge in [-0.05, 0) is 18.5 Å². The summed E-state index contributed by atoms with van der Waals surface area (Å²) >= 11 is 0. The third kappa shape index (κ3) is 3.33. The van der Waals surface area contributed by atoms with Gasteiger partial charge in [0, 0.05) is 25.8 Å². The lowest BCUT2D eigenvalue weighted by atomic mass is 10.0. The number of aliphatic carboxylic acids is 1. The number of carbonyl (C=O) groups is 1. The highest BCUT2D eigenvalue weighted by atomic mass is 16.5. The second-order valence-electron chi connectivity index (χ2n) is 4.95. The fourth-order valence-electron chi connectivity index (χ4n) is 2.57. The molecule has 0 aliphatic carbocycles. The van der Waals surface area contributed by atoms with Crippen LogP contribution < -0.4 is 0 Å². The molecule has 6 nitrogen and oxygen atoms in total. The van der Waals surface area contributed by atoms with Gasteiger partial charge in [-0.2, -0.15) is 5.10 Å². The van der Waals surface area contributed by atoms with Gasteiger partial charge in [0.15, 0.2) is 0 Å². The first-order valence-electron chi connectivity index (χ1n) is 6.64. The smallest absolute Gasteiger partial charge is 0.310 e. The van der Waals surface area contributed by atoms with Gasteiger partial charge in [0.25, 0.3) is 0 Å². The van der Waals surface area contributed by atoms with E-state index in [1.54, 1.807) is 4.68 Å². The van der Waals surface area contributed by atoms with E-state index in [0.29, 0.717) is 13.2 Å². The molecule has 106 valence electrons. The molecular formula is C13H21N3O3. The fraction of sp³-hybridized carbons (Fsp3) is 0.692. The van der Waals surface area contributed by atoms with Crippen molar-refractivity contribution in [3.05, 3.63) is 18.0 Å². The number of rotatable bonds is 6. The van der Waals surface area contributed by atoms with Crippen molar-refractivity contribution in [3.8, 4) is 0 Å². The summed E-state index contributed by atoms with van der Waals surface area (Å²) < 4.78 is 7.11. The van der Waals surface area contributed by atoms with Crippen LogP contribution >= 0.6 is 0 Å². The lowest BCUT2D eigenvalue weighted by Crippen LogP contribution is -2.44. The maximum Gasteiger partial charge on any atom is 0.310 e. The number of hydrogen-bond acceptors (Lipinski definition) is 4. The van der Waals surface area contributed by atoms with Crippen LogP contribution in [0.15, 0.2) is 12.4 Å². The van der Waals surface area contributed by atoms with Crippen LogP contribution in [0.3, 0.4) is 0 Å². The second kappa shape index (κ2) is 6.16. The van der Waals surface area contributed by atoms with Crippen LogP contribution in [0.5, 0.6) is 0 Å². The maximum absolute atomic E-state index is 11.2. The molecule has 1 aromatic heterocycles. The molecule has 2 heterocycles.